The molecule has 0 radical (unpaired) electrons. The fourth-order valence-corrected chi connectivity index (χ4v) is 2.27. The highest BCUT2D eigenvalue weighted by atomic mass is 35.5. The van der Waals surface area contributed by atoms with Gasteiger partial charge in [0.25, 0.3) is 0 Å². The van der Waals surface area contributed by atoms with Crippen molar-refractivity contribution < 1.29 is 8.78 Å². The molecule has 0 aliphatic carbocycles. The molecule has 8 heteroatoms. The van der Waals surface area contributed by atoms with Crippen LogP contribution in [0.4, 0.5) is 14.7 Å². The second kappa shape index (κ2) is 6.21. The number of benzene rings is 1. The molecule has 0 saturated carbocycles. The van der Waals surface area contributed by atoms with E-state index in [1.165, 1.54) is 0 Å². The molecule has 0 aliphatic heterocycles. The Morgan fingerprint density at radius 3 is 2.39 bits per heavy atom. The molecule has 2 aromatic heterocycles. The molecule has 2 N–H and O–H groups in total. The lowest BCUT2D eigenvalue weighted by Crippen LogP contribution is -2.03. The van der Waals surface area contributed by atoms with E-state index in [2.05, 4.69) is 20.2 Å². The van der Waals surface area contributed by atoms with Crippen LogP contribution in [-0.2, 0) is 5.88 Å². The normalized spacial score (nSPS) is 10.7. The SMILES string of the molecule is Nc1nnc(-c2ccnc(CCl)c2)c(-c2cc(F)cc(F)c2)n1. The third-order valence-electron chi connectivity index (χ3n) is 3.07. The summed E-state index contributed by atoms with van der Waals surface area (Å²) in [7, 11) is 0. The molecule has 0 saturated heterocycles. The van der Waals surface area contributed by atoms with Crippen molar-refractivity contribution in [1.29, 1.82) is 0 Å². The maximum atomic E-state index is 13.5. The van der Waals surface area contributed by atoms with Crippen molar-refractivity contribution in [2.45, 2.75) is 5.88 Å². The van der Waals surface area contributed by atoms with Crippen LogP contribution in [0.15, 0.2) is 36.5 Å². The second-order valence-electron chi connectivity index (χ2n) is 4.69. The molecule has 1 aromatic carbocycles. The Balaban J connectivity index is 2.22. The predicted octanol–water partition coefficient (Wildman–Crippen LogP) is 3.20. The number of nitrogen functional groups attached to an aromatic ring is 1. The first-order valence-electron chi connectivity index (χ1n) is 6.55. The Hall–Kier alpha value is -2.67. The second-order valence-corrected chi connectivity index (χ2v) is 4.96. The maximum absolute atomic E-state index is 13.5. The van der Waals surface area contributed by atoms with Crippen LogP contribution in [0.5, 0.6) is 0 Å². The van der Waals surface area contributed by atoms with Gasteiger partial charge in [0.05, 0.1) is 11.6 Å². The molecule has 0 atom stereocenters. The van der Waals surface area contributed by atoms with E-state index in [9.17, 15) is 8.78 Å². The Kier molecular flexibility index (Phi) is 4.12. The molecule has 116 valence electrons. The summed E-state index contributed by atoms with van der Waals surface area (Å²) in [5.41, 5.74) is 7.58. The van der Waals surface area contributed by atoms with Crippen molar-refractivity contribution >= 4 is 17.5 Å². The monoisotopic (exact) mass is 333 g/mol. The number of anilines is 1. The van der Waals surface area contributed by atoms with Crippen molar-refractivity contribution in [3.63, 3.8) is 0 Å². The number of alkyl halides is 1. The van der Waals surface area contributed by atoms with Crippen molar-refractivity contribution in [3.8, 4) is 22.5 Å². The number of halogens is 3. The van der Waals surface area contributed by atoms with Crippen LogP contribution < -0.4 is 5.73 Å². The van der Waals surface area contributed by atoms with Gasteiger partial charge in [0, 0.05) is 23.4 Å². The zero-order valence-corrected chi connectivity index (χ0v) is 12.4. The third-order valence-corrected chi connectivity index (χ3v) is 3.34. The van der Waals surface area contributed by atoms with E-state index in [-0.39, 0.29) is 23.1 Å². The number of hydrogen-bond acceptors (Lipinski definition) is 5. The molecule has 0 spiro atoms. The number of nitrogens with zero attached hydrogens (tertiary/aromatic N) is 4. The average molecular weight is 334 g/mol. The Morgan fingerprint density at radius 2 is 1.70 bits per heavy atom. The van der Waals surface area contributed by atoms with Crippen LogP contribution in [0.3, 0.4) is 0 Å². The lowest BCUT2D eigenvalue weighted by Gasteiger charge is -2.09. The van der Waals surface area contributed by atoms with Crippen LogP contribution in [0.25, 0.3) is 22.5 Å². The third kappa shape index (κ3) is 3.24. The van der Waals surface area contributed by atoms with Crippen LogP contribution in [0.2, 0.25) is 0 Å². The van der Waals surface area contributed by atoms with E-state index in [0.29, 0.717) is 17.0 Å². The van der Waals surface area contributed by atoms with Gasteiger partial charge in [0.1, 0.15) is 23.0 Å². The van der Waals surface area contributed by atoms with E-state index >= 15 is 0 Å². The summed E-state index contributed by atoms with van der Waals surface area (Å²) in [5, 5.41) is 7.72. The molecule has 5 nitrogen and oxygen atoms in total. The number of hydrogen-bond donors (Lipinski definition) is 1. The minimum Gasteiger partial charge on any atom is -0.366 e. The summed E-state index contributed by atoms with van der Waals surface area (Å²) in [6, 6.07) is 6.46. The van der Waals surface area contributed by atoms with Crippen molar-refractivity contribution in [2.75, 3.05) is 5.73 Å². The average Bonchev–Trinajstić information content (AvgIpc) is 2.54. The zero-order chi connectivity index (χ0) is 16.4. The molecule has 3 rings (SSSR count). The van der Waals surface area contributed by atoms with E-state index in [0.717, 1.165) is 18.2 Å². The van der Waals surface area contributed by atoms with Crippen LogP contribution in [0.1, 0.15) is 5.69 Å². The van der Waals surface area contributed by atoms with Crippen molar-refractivity contribution in [3.05, 3.63) is 53.9 Å². The smallest absolute Gasteiger partial charge is 0.240 e. The summed E-state index contributed by atoms with van der Waals surface area (Å²) < 4.78 is 27.0. The quantitative estimate of drug-likeness (QED) is 0.745. The topological polar surface area (TPSA) is 77.6 Å². The molecule has 3 aromatic rings. The molecule has 23 heavy (non-hydrogen) atoms. The van der Waals surface area contributed by atoms with Crippen molar-refractivity contribution in [2.24, 2.45) is 0 Å². The highest BCUT2D eigenvalue weighted by Gasteiger charge is 2.15. The lowest BCUT2D eigenvalue weighted by atomic mass is 10.0. The first-order chi connectivity index (χ1) is 11.1. The largest absolute Gasteiger partial charge is 0.366 e. The summed E-state index contributed by atoms with van der Waals surface area (Å²) >= 11 is 5.78. The summed E-state index contributed by atoms with van der Waals surface area (Å²) in [6.45, 7) is 0. The van der Waals surface area contributed by atoms with Gasteiger partial charge in [-0.15, -0.1) is 21.8 Å². The minimum atomic E-state index is -0.723. The van der Waals surface area contributed by atoms with Gasteiger partial charge in [-0.05, 0) is 24.3 Å². The number of pyridine rings is 1. The molecule has 0 bridgehead atoms. The standard InChI is InChI=1S/C15H10ClF2N5/c16-7-12-5-8(1-2-20-12)14-13(21-15(19)23-22-14)9-3-10(17)6-11(18)4-9/h1-6H,7H2,(H2,19,21,23). The fourth-order valence-electron chi connectivity index (χ4n) is 2.12. The van der Waals surface area contributed by atoms with Crippen LogP contribution in [0, 0.1) is 11.6 Å². The minimum absolute atomic E-state index is 0.0972. The van der Waals surface area contributed by atoms with Gasteiger partial charge < -0.3 is 5.73 Å². The number of nitrogens with two attached hydrogens (primary N) is 1. The lowest BCUT2D eigenvalue weighted by molar-refractivity contribution is 0.584. The van der Waals surface area contributed by atoms with E-state index in [1.54, 1.807) is 18.3 Å². The molecule has 2 heterocycles. The molecule has 0 amide bonds. The van der Waals surface area contributed by atoms with Gasteiger partial charge in [-0.3, -0.25) is 4.98 Å². The Bertz CT molecular complexity index is 852. The first kappa shape index (κ1) is 15.2. The molecular formula is C15H10ClF2N5. The van der Waals surface area contributed by atoms with E-state index < -0.39 is 11.6 Å². The molecule has 0 aliphatic rings. The Morgan fingerprint density at radius 1 is 0.957 bits per heavy atom. The highest BCUT2D eigenvalue weighted by molar-refractivity contribution is 6.16. The van der Waals surface area contributed by atoms with E-state index in [1.807, 2.05) is 0 Å². The van der Waals surface area contributed by atoms with Gasteiger partial charge in [0.15, 0.2) is 0 Å². The summed E-state index contributed by atoms with van der Waals surface area (Å²) in [6.07, 6.45) is 1.56. The van der Waals surface area contributed by atoms with Crippen LogP contribution >= 0.6 is 11.6 Å². The van der Waals surface area contributed by atoms with Crippen LogP contribution in [-0.4, -0.2) is 20.2 Å². The maximum Gasteiger partial charge on any atom is 0.240 e. The molecule has 0 fully saturated rings. The van der Waals surface area contributed by atoms with E-state index in [4.69, 9.17) is 17.3 Å². The number of aromatic nitrogens is 4. The summed E-state index contributed by atoms with van der Waals surface area (Å²) in [4.78, 5) is 8.16. The van der Waals surface area contributed by atoms with Crippen molar-refractivity contribution in [1.82, 2.24) is 20.2 Å². The van der Waals surface area contributed by atoms with Gasteiger partial charge in [-0.2, -0.15) is 0 Å². The highest BCUT2D eigenvalue weighted by Crippen LogP contribution is 2.30. The fraction of sp³-hybridized carbons (Fsp3) is 0.0667. The van der Waals surface area contributed by atoms with Gasteiger partial charge >= 0.3 is 0 Å². The van der Waals surface area contributed by atoms with Gasteiger partial charge in [0.2, 0.25) is 5.95 Å². The predicted molar refractivity (Wildman–Crippen MR) is 82.4 cm³/mol. The molecular weight excluding hydrogens is 324 g/mol. The van der Waals surface area contributed by atoms with Gasteiger partial charge in [-0.1, -0.05) is 0 Å². The summed E-state index contributed by atoms with van der Waals surface area (Å²) in [5.74, 6) is -1.33. The molecule has 0 unspecified atom stereocenters. The number of rotatable bonds is 3. The Labute approximate surface area is 135 Å². The van der Waals surface area contributed by atoms with Gasteiger partial charge in [-0.25, -0.2) is 13.8 Å². The zero-order valence-electron chi connectivity index (χ0n) is 11.7. The first-order valence-corrected chi connectivity index (χ1v) is 7.08.